The number of carbonyl (C=O) groups excluding carboxylic acids is 1. The van der Waals surface area contributed by atoms with Crippen molar-refractivity contribution >= 4 is 5.91 Å². The highest BCUT2D eigenvalue weighted by molar-refractivity contribution is 5.81. The topological polar surface area (TPSA) is 50.8 Å². The molecule has 2 heterocycles. The van der Waals surface area contributed by atoms with E-state index in [1.165, 1.54) is 12.1 Å². The highest BCUT2D eigenvalue weighted by atomic mass is 19.1. The lowest BCUT2D eigenvalue weighted by Gasteiger charge is -2.31. The number of fused-ring (bicyclic) bond motifs is 1. The average molecular weight is 413 g/mol. The summed E-state index contributed by atoms with van der Waals surface area (Å²) in [7, 11) is 0. The standard InChI is InChI=1S/C24H29FN2O3/c1-16(18-6-9-20(25)10-7-18)26-24(28)17(2)27-12-3-5-21(27)19-8-11-22-23(15-19)30-14-4-13-29-22/h6-11,15-17,21H,3-5,12-14H2,1-2H3,(H,26,28). The van der Waals surface area contributed by atoms with Crippen molar-refractivity contribution in [3.8, 4) is 11.5 Å². The van der Waals surface area contributed by atoms with Gasteiger partial charge in [-0.2, -0.15) is 0 Å². The van der Waals surface area contributed by atoms with Crippen LogP contribution in [0.1, 0.15) is 56.3 Å². The molecular formula is C24H29FN2O3. The van der Waals surface area contributed by atoms with E-state index in [-0.39, 0.29) is 29.8 Å². The predicted octanol–water partition coefficient (Wildman–Crippen LogP) is 4.39. The molecule has 1 saturated heterocycles. The zero-order chi connectivity index (χ0) is 21.1. The van der Waals surface area contributed by atoms with Crippen molar-refractivity contribution < 1.29 is 18.7 Å². The van der Waals surface area contributed by atoms with Crippen LogP contribution in [0.2, 0.25) is 0 Å². The van der Waals surface area contributed by atoms with E-state index in [4.69, 9.17) is 9.47 Å². The van der Waals surface area contributed by atoms with E-state index in [1.54, 1.807) is 12.1 Å². The first-order valence-electron chi connectivity index (χ1n) is 10.7. The third-order valence-electron chi connectivity index (χ3n) is 6.06. The van der Waals surface area contributed by atoms with Gasteiger partial charge in [-0.25, -0.2) is 4.39 Å². The molecule has 1 amide bonds. The minimum Gasteiger partial charge on any atom is -0.490 e. The molecule has 160 valence electrons. The third kappa shape index (κ3) is 4.43. The lowest BCUT2D eigenvalue weighted by atomic mass is 10.0. The van der Waals surface area contributed by atoms with E-state index in [1.807, 2.05) is 19.9 Å². The van der Waals surface area contributed by atoms with Gasteiger partial charge in [0, 0.05) is 12.5 Å². The zero-order valence-electron chi connectivity index (χ0n) is 17.6. The molecule has 0 bridgehead atoms. The van der Waals surface area contributed by atoms with Gasteiger partial charge in [0.2, 0.25) is 5.91 Å². The molecule has 0 spiro atoms. The van der Waals surface area contributed by atoms with Gasteiger partial charge in [0.25, 0.3) is 0 Å². The Balaban J connectivity index is 1.45. The van der Waals surface area contributed by atoms with E-state index in [2.05, 4.69) is 22.3 Å². The van der Waals surface area contributed by atoms with E-state index >= 15 is 0 Å². The summed E-state index contributed by atoms with van der Waals surface area (Å²) >= 11 is 0. The number of amides is 1. The summed E-state index contributed by atoms with van der Waals surface area (Å²) in [5.41, 5.74) is 2.04. The molecule has 2 aromatic carbocycles. The summed E-state index contributed by atoms with van der Waals surface area (Å²) in [6.45, 7) is 6.08. The fourth-order valence-corrected chi connectivity index (χ4v) is 4.32. The van der Waals surface area contributed by atoms with Crippen molar-refractivity contribution in [3.63, 3.8) is 0 Å². The Morgan fingerprint density at radius 3 is 2.57 bits per heavy atom. The van der Waals surface area contributed by atoms with Crippen LogP contribution in [0.3, 0.4) is 0 Å². The average Bonchev–Trinajstić information content (AvgIpc) is 3.12. The van der Waals surface area contributed by atoms with E-state index in [9.17, 15) is 9.18 Å². The summed E-state index contributed by atoms with van der Waals surface area (Å²) in [6, 6.07) is 12.1. The van der Waals surface area contributed by atoms with Gasteiger partial charge >= 0.3 is 0 Å². The largest absolute Gasteiger partial charge is 0.490 e. The molecule has 0 saturated carbocycles. The molecule has 0 radical (unpaired) electrons. The zero-order valence-corrected chi connectivity index (χ0v) is 17.6. The Morgan fingerprint density at radius 1 is 1.07 bits per heavy atom. The second-order valence-electron chi connectivity index (χ2n) is 8.11. The van der Waals surface area contributed by atoms with Crippen LogP contribution >= 0.6 is 0 Å². The molecule has 2 aromatic rings. The highest BCUT2D eigenvalue weighted by Crippen LogP contribution is 2.38. The minimum atomic E-state index is -0.277. The first-order chi connectivity index (χ1) is 14.5. The second kappa shape index (κ2) is 9.04. The molecule has 0 aliphatic carbocycles. The highest BCUT2D eigenvalue weighted by Gasteiger charge is 2.34. The first-order valence-corrected chi connectivity index (χ1v) is 10.7. The monoisotopic (exact) mass is 412 g/mol. The smallest absolute Gasteiger partial charge is 0.237 e. The molecule has 4 rings (SSSR count). The van der Waals surface area contributed by atoms with Crippen LogP contribution in [0.5, 0.6) is 11.5 Å². The number of carbonyl (C=O) groups is 1. The van der Waals surface area contributed by atoms with Crippen LogP contribution in [0.25, 0.3) is 0 Å². The van der Waals surface area contributed by atoms with Crippen molar-refractivity contribution in [2.24, 2.45) is 0 Å². The van der Waals surface area contributed by atoms with Crippen molar-refractivity contribution in [3.05, 3.63) is 59.4 Å². The lowest BCUT2D eigenvalue weighted by molar-refractivity contribution is -0.126. The summed E-state index contributed by atoms with van der Waals surface area (Å²) in [4.78, 5) is 15.2. The summed E-state index contributed by atoms with van der Waals surface area (Å²) in [6.07, 6.45) is 2.93. The third-order valence-corrected chi connectivity index (χ3v) is 6.06. The maximum atomic E-state index is 13.2. The minimum absolute atomic E-state index is 0.0203. The Morgan fingerprint density at radius 2 is 1.80 bits per heavy atom. The quantitative estimate of drug-likeness (QED) is 0.791. The van der Waals surface area contributed by atoms with Crippen molar-refractivity contribution in [1.82, 2.24) is 10.2 Å². The Kier molecular flexibility index (Phi) is 6.23. The van der Waals surface area contributed by atoms with Gasteiger partial charge < -0.3 is 14.8 Å². The molecule has 30 heavy (non-hydrogen) atoms. The molecule has 0 aromatic heterocycles. The molecule has 2 aliphatic rings. The van der Waals surface area contributed by atoms with Crippen LogP contribution in [0.4, 0.5) is 4.39 Å². The molecule has 6 heteroatoms. The number of nitrogens with one attached hydrogen (secondary N) is 1. The Bertz CT molecular complexity index is 887. The number of ether oxygens (including phenoxy) is 2. The predicted molar refractivity (Wildman–Crippen MR) is 113 cm³/mol. The van der Waals surface area contributed by atoms with Gasteiger partial charge in [0.15, 0.2) is 11.5 Å². The van der Waals surface area contributed by atoms with Crippen LogP contribution in [-0.2, 0) is 4.79 Å². The first kappa shape index (κ1) is 20.7. The number of hydrogen-bond acceptors (Lipinski definition) is 4. The molecule has 2 aliphatic heterocycles. The van der Waals surface area contributed by atoms with E-state index in [0.29, 0.717) is 13.2 Å². The molecule has 1 fully saturated rings. The number of hydrogen-bond donors (Lipinski definition) is 1. The van der Waals surface area contributed by atoms with Crippen molar-refractivity contribution in [1.29, 1.82) is 0 Å². The van der Waals surface area contributed by atoms with Crippen LogP contribution in [-0.4, -0.2) is 36.6 Å². The van der Waals surface area contributed by atoms with E-state index in [0.717, 1.165) is 48.4 Å². The number of halogens is 1. The number of benzene rings is 2. The lowest BCUT2D eigenvalue weighted by Crippen LogP contribution is -2.45. The summed E-state index contributed by atoms with van der Waals surface area (Å²) in [5, 5.41) is 3.07. The Labute approximate surface area is 177 Å². The number of rotatable bonds is 5. The van der Waals surface area contributed by atoms with Crippen LogP contribution in [0.15, 0.2) is 42.5 Å². The normalized spacial score (nSPS) is 21.0. The molecule has 3 unspecified atom stereocenters. The van der Waals surface area contributed by atoms with Gasteiger partial charge in [-0.15, -0.1) is 0 Å². The maximum Gasteiger partial charge on any atom is 0.237 e. The van der Waals surface area contributed by atoms with Gasteiger partial charge in [-0.3, -0.25) is 9.69 Å². The summed E-state index contributed by atoms with van der Waals surface area (Å²) in [5.74, 6) is 1.28. The van der Waals surface area contributed by atoms with E-state index < -0.39 is 0 Å². The molecule has 5 nitrogen and oxygen atoms in total. The van der Waals surface area contributed by atoms with Gasteiger partial charge in [0.1, 0.15) is 5.82 Å². The van der Waals surface area contributed by atoms with Gasteiger partial charge in [-0.1, -0.05) is 18.2 Å². The second-order valence-corrected chi connectivity index (χ2v) is 8.11. The maximum absolute atomic E-state index is 13.2. The van der Waals surface area contributed by atoms with Crippen molar-refractivity contribution in [2.75, 3.05) is 19.8 Å². The number of nitrogens with zero attached hydrogens (tertiary/aromatic N) is 1. The molecule has 1 N–H and O–H groups in total. The molecule has 3 atom stereocenters. The van der Waals surface area contributed by atoms with Crippen molar-refractivity contribution in [2.45, 2.75) is 51.2 Å². The number of likely N-dealkylation sites (tertiary alicyclic amines) is 1. The molecular weight excluding hydrogens is 383 g/mol. The fourth-order valence-electron chi connectivity index (χ4n) is 4.32. The SMILES string of the molecule is CC(NC(=O)C(C)N1CCCC1c1ccc2c(c1)OCCCO2)c1ccc(F)cc1. The Hall–Kier alpha value is -2.60. The van der Waals surface area contributed by atoms with Crippen LogP contribution < -0.4 is 14.8 Å². The van der Waals surface area contributed by atoms with Crippen LogP contribution in [0, 0.1) is 5.82 Å². The summed E-state index contributed by atoms with van der Waals surface area (Å²) < 4.78 is 24.8. The van der Waals surface area contributed by atoms with Gasteiger partial charge in [0.05, 0.1) is 25.3 Å². The van der Waals surface area contributed by atoms with Gasteiger partial charge in [-0.05, 0) is 68.6 Å². The fraction of sp³-hybridized carbons (Fsp3) is 0.458.